The summed E-state index contributed by atoms with van der Waals surface area (Å²) in [5, 5.41) is 11.8. The zero-order chi connectivity index (χ0) is 10.1. The largest absolute Gasteiger partial charge is 0.481 e. The SMILES string of the molecule is O=C(O)CC1Cc2cc(Br)ccc2N1. The van der Waals surface area contributed by atoms with Crippen LogP contribution in [0.4, 0.5) is 5.69 Å². The maximum Gasteiger partial charge on any atom is 0.305 e. The number of nitrogens with one attached hydrogen (secondary N) is 1. The molecule has 4 heteroatoms. The van der Waals surface area contributed by atoms with Crippen molar-refractivity contribution in [3.8, 4) is 0 Å². The number of carboxylic acids is 1. The van der Waals surface area contributed by atoms with Crippen LogP contribution in [0.1, 0.15) is 12.0 Å². The van der Waals surface area contributed by atoms with Gasteiger partial charge in [0.1, 0.15) is 0 Å². The van der Waals surface area contributed by atoms with Crippen molar-refractivity contribution in [2.75, 3.05) is 5.32 Å². The van der Waals surface area contributed by atoms with Gasteiger partial charge in [-0.25, -0.2) is 0 Å². The normalized spacial score (nSPS) is 18.8. The second kappa shape index (κ2) is 3.61. The molecule has 1 aliphatic heterocycles. The second-order valence-electron chi connectivity index (χ2n) is 3.44. The van der Waals surface area contributed by atoms with Gasteiger partial charge in [0.05, 0.1) is 6.42 Å². The lowest BCUT2D eigenvalue weighted by atomic mass is 10.1. The van der Waals surface area contributed by atoms with Crippen LogP contribution in [0, 0.1) is 0 Å². The first-order valence-corrected chi connectivity index (χ1v) is 5.21. The monoisotopic (exact) mass is 255 g/mol. The summed E-state index contributed by atoms with van der Waals surface area (Å²) in [6.45, 7) is 0. The standard InChI is InChI=1S/C10H10BrNO2/c11-7-1-2-9-6(3-7)4-8(12-9)5-10(13)14/h1-3,8,12H,4-5H2,(H,13,14). The molecule has 2 rings (SSSR count). The first-order valence-electron chi connectivity index (χ1n) is 4.42. The molecule has 14 heavy (non-hydrogen) atoms. The third-order valence-electron chi connectivity index (χ3n) is 2.31. The highest BCUT2D eigenvalue weighted by molar-refractivity contribution is 9.10. The summed E-state index contributed by atoms with van der Waals surface area (Å²) in [4.78, 5) is 10.5. The Labute approximate surface area is 90.3 Å². The van der Waals surface area contributed by atoms with Crippen LogP contribution in [0.25, 0.3) is 0 Å². The van der Waals surface area contributed by atoms with E-state index in [9.17, 15) is 4.79 Å². The molecule has 1 atom stereocenters. The van der Waals surface area contributed by atoms with Crippen LogP contribution in [-0.2, 0) is 11.2 Å². The number of carbonyl (C=O) groups is 1. The van der Waals surface area contributed by atoms with Crippen LogP contribution in [0.3, 0.4) is 0 Å². The maximum absolute atomic E-state index is 10.5. The van der Waals surface area contributed by atoms with Gasteiger partial charge in [-0.3, -0.25) is 4.79 Å². The molecule has 0 amide bonds. The zero-order valence-corrected chi connectivity index (χ0v) is 9.04. The van der Waals surface area contributed by atoms with Gasteiger partial charge in [0, 0.05) is 16.2 Å². The van der Waals surface area contributed by atoms with Crippen LogP contribution < -0.4 is 5.32 Å². The first kappa shape index (κ1) is 9.52. The number of carboxylic acid groups (broad SMARTS) is 1. The van der Waals surface area contributed by atoms with Gasteiger partial charge in [0.2, 0.25) is 0 Å². The van der Waals surface area contributed by atoms with Crippen molar-refractivity contribution in [2.24, 2.45) is 0 Å². The van der Waals surface area contributed by atoms with E-state index in [-0.39, 0.29) is 12.5 Å². The van der Waals surface area contributed by atoms with Crippen molar-refractivity contribution in [2.45, 2.75) is 18.9 Å². The highest BCUT2D eigenvalue weighted by atomic mass is 79.9. The molecule has 2 N–H and O–H groups in total. The Hall–Kier alpha value is -1.03. The topological polar surface area (TPSA) is 49.3 Å². The molecule has 0 aromatic heterocycles. The van der Waals surface area contributed by atoms with E-state index in [2.05, 4.69) is 21.2 Å². The van der Waals surface area contributed by atoms with Crippen LogP contribution in [0.2, 0.25) is 0 Å². The average Bonchev–Trinajstić information content (AvgIpc) is 2.44. The molecule has 0 aliphatic carbocycles. The Morgan fingerprint density at radius 2 is 2.43 bits per heavy atom. The Bertz CT molecular complexity index is 378. The van der Waals surface area contributed by atoms with Crippen molar-refractivity contribution in [1.29, 1.82) is 0 Å². The summed E-state index contributed by atoms with van der Waals surface area (Å²) in [6, 6.07) is 6.00. The van der Waals surface area contributed by atoms with Gasteiger partial charge in [0.25, 0.3) is 0 Å². The van der Waals surface area contributed by atoms with Crippen molar-refractivity contribution in [3.05, 3.63) is 28.2 Å². The average molecular weight is 256 g/mol. The quantitative estimate of drug-likeness (QED) is 0.853. The first-order chi connectivity index (χ1) is 6.65. The summed E-state index contributed by atoms with van der Waals surface area (Å²) in [6.07, 6.45) is 0.966. The summed E-state index contributed by atoms with van der Waals surface area (Å²) in [5.74, 6) is -0.755. The minimum Gasteiger partial charge on any atom is -0.481 e. The van der Waals surface area contributed by atoms with Crippen molar-refractivity contribution in [1.82, 2.24) is 0 Å². The van der Waals surface area contributed by atoms with E-state index in [1.165, 1.54) is 5.56 Å². The van der Waals surface area contributed by atoms with Gasteiger partial charge in [-0.2, -0.15) is 0 Å². The fraction of sp³-hybridized carbons (Fsp3) is 0.300. The number of fused-ring (bicyclic) bond motifs is 1. The van der Waals surface area contributed by atoms with Crippen LogP contribution in [-0.4, -0.2) is 17.1 Å². The minimum absolute atomic E-state index is 0.0387. The molecular formula is C10H10BrNO2. The molecular weight excluding hydrogens is 246 g/mol. The Kier molecular flexibility index (Phi) is 2.46. The fourth-order valence-corrected chi connectivity index (χ4v) is 2.15. The van der Waals surface area contributed by atoms with Crippen molar-refractivity contribution < 1.29 is 9.90 Å². The van der Waals surface area contributed by atoms with Crippen molar-refractivity contribution in [3.63, 3.8) is 0 Å². The number of rotatable bonds is 2. The van der Waals surface area contributed by atoms with E-state index >= 15 is 0 Å². The summed E-state index contributed by atoms with van der Waals surface area (Å²) in [5.41, 5.74) is 2.24. The summed E-state index contributed by atoms with van der Waals surface area (Å²) in [7, 11) is 0. The molecule has 0 bridgehead atoms. The lowest BCUT2D eigenvalue weighted by Crippen LogP contribution is -2.19. The molecule has 0 spiro atoms. The second-order valence-corrected chi connectivity index (χ2v) is 4.36. The number of halogens is 1. The van der Waals surface area contributed by atoms with Crippen LogP contribution in [0.5, 0.6) is 0 Å². The van der Waals surface area contributed by atoms with E-state index in [0.29, 0.717) is 0 Å². The molecule has 1 aromatic carbocycles. The van der Waals surface area contributed by atoms with Crippen molar-refractivity contribution >= 4 is 27.6 Å². The maximum atomic E-state index is 10.5. The van der Waals surface area contributed by atoms with E-state index < -0.39 is 5.97 Å². The van der Waals surface area contributed by atoms with Crippen LogP contribution >= 0.6 is 15.9 Å². The lowest BCUT2D eigenvalue weighted by Gasteiger charge is -2.06. The molecule has 1 aromatic rings. The zero-order valence-electron chi connectivity index (χ0n) is 7.46. The molecule has 74 valence electrons. The molecule has 0 radical (unpaired) electrons. The molecule has 1 heterocycles. The molecule has 3 nitrogen and oxygen atoms in total. The lowest BCUT2D eigenvalue weighted by molar-refractivity contribution is -0.137. The molecule has 0 fully saturated rings. The predicted molar refractivity (Wildman–Crippen MR) is 57.5 cm³/mol. The Morgan fingerprint density at radius 3 is 3.14 bits per heavy atom. The molecule has 0 saturated carbocycles. The Balaban J connectivity index is 2.14. The van der Waals surface area contributed by atoms with Gasteiger partial charge < -0.3 is 10.4 Å². The highest BCUT2D eigenvalue weighted by Crippen LogP contribution is 2.29. The Morgan fingerprint density at radius 1 is 1.64 bits per heavy atom. The number of benzene rings is 1. The summed E-state index contributed by atoms with van der Waals surface area (Å²) >= 11 is 3.39. The minimum atomic E-state index is -0.755. The smallest absolute Gasteiger partial charge is 0.305 e. The van der Waals surface area contributed by atoms with E-state index in [1.54, 1.807) is 0 Å². The van der Waals surface area contributed by atoms with E-state index in [4.69, 9.17) is 5.11 Å². The van der Waals surface area contributed by atoms with Gasteiger partial charge in [-0.05, 0) is 30.2 Å². The third kappa shape index (κ3) is 1.90. The highest BCUT2D eigenvalue weighted by Gasteiger charge is 2.22. The molecule has 0 saturated heterocycles. The summed E-state index contributed by atoms with van der Waals surface area (Å²) < 4.78 is 1.04. The van der Waals surface area contributed by atoms with Gasteiger partial charge in [0.15, 0.2) is 0 Å². The number of aliphatic carboxylic acids is 1. The van der Waals surface area contributed by atoms with Gasteiger partial charge in [-0.1, -0.05) is 15.9 Å². The van der Waals surface area contributed by atoms with E-state index in [0.717, 1.165) is 16.6 Å². The third-order valence-corrected chi connectivity index (χ3v) is 2.81. The molecule has 1 aliphatic rings. The number of hydrogen-bond acceptors (Lipinski definition) is 2. The van der Waals surface area contributed by atoms with Gasteiger partial charge >= 0.3 is 5.97 Å². The number of hydrogen-bond donors (Lipinski definition) is 2. The number of anilines is 1. The van der Waals surface area contributed by atoms with Gasteiger partial charge in [-0.15, -0.1) is 0 Å². The molecule has 1 unspecified atom stereocenters. The van der Waals surface area contributed by atoms with Crippen LogP contribution in [0.15, 0.2) is 22.7 Å². The van der Waals surface area contributed by atoms with E-state index in [1.807, 2.05) is 18.2 Å². The fourth-order valence-electron chi connectivity index (χ4n) is 1.74. The predicted octanol–water partition coefficient (Wildman–Crippen LogP) is 2.26.